The predicted molar refractivity (Wildman–Crippen MR) is 130 cm³/mol. The lowest BCUT2D eigenvalue weighted by atomic mass is 10.1. The van der Waals surface area contributed by atoms with Crippen LogP contribution in [0, 0.1) is 0 Å². The molecular formula is C26H33N5O2. The van der Waals surface area contributed by atoms with Crippen molar-refractivity contribution in [3.05, 3.63) is 54.1 Å². The number of benzene rings is 2. The topological polar surface area (TPSA) is 55.7 Å². The number of anilines is 1. The lowest BCUT2D eigenvalue weighted by Gasteiger charge is -2.36. The summed E-state index contributed by atoms with van der Waals surface area (Å²) < 4.78 is 13.2. The molecule has 5 rings (SSSR count). The van der Waals surface area contributed by atoms with Gasteiger partial charge in [-0.15, -0.1) is 0 Å². The second kappa shape index (κ2) is 9.63. The van der Waals surface area contributed by atoms with E-state index in [1.165, 1.54) is 11.3 Å². The van der Waals surface area contributed by atoms with Gasteiger partial charge in [-0.05, 0) is 49.7 Å². The van der Waals surface area contributed by atoms with Gasteiger partial charge in [-0.25, -0.2) is 9.67 Å². The van der Waals surface area contributed by atoms with Gasteiger partial charge in [-0.3, -0.25) is 4.90 Å². The summed E-state index contributed by atoms with van der Waals surface area (Å²) in [6, 6.07) is 17.2. The fourth-order valence-corrected chi connectivity index (χ4v) is 4.79. The third-order valence-corrected chi connectivity index (χ3v) is 6.37. The minimum absolute atomic E-state index is 0.244. The minimum atomic E-state index is 0.244. The smallest absolute Gasteiger partial charge is 0.181 e. The molecule has 0 saturated carbocycles. The van der Waals surface area contributed by atoms with E-state index in [0.29, 0.717) is 0 Å². The highest BCUT2D eigenvalue weighted by Crippen LogP contribution is 2.26. The van der Waals surface area contributed by atoms with E-state index in [4.69, 9.17) is 19.6 Å². The van der Waals surface area contributed by atoms with Gasteiger partial charge >= 0.3 is 0 Å². The Bertz CT molecular complexity index is 1060. The number of morpholine rings is 2. The quantitative estimate of drug-likeness (QED) is 0.596. The number of aromatic nitrogens is 3. The molecule has 2 unspecified atom stereocenters. The Morgan fingerprint density at radius 1 is 0.939 bits per heavy atom. The second-order valence-electron chi connectivity index (χ2n) is 9.18. The molecule has 2 atom stereocenters. The summed E-state index contributed by atoms with van der Waals surface area (Å²) in [7, 11) is 1.96. The van der Waals surface area contributed by atoms with E-state index in [2.05, 4.69) is 72.2 Å². The highest BCUT2D eigenvalue weighted by molar-refractivity contribution is 5.64. The first-order valence-electron chi connectivity index (χ1n) is 11.9. The molecule has 0 spiro atoms. The van der Waals surface area contributed by atoms with Crippen LogP contribution < -0.4 is 4.90 Å². The lowest BCUT2D eigenvalue weighted by molar-refractivity contribution is -0.00521. The van der Waals surface area contributed by atoms with Gasteiger partial charge < -0.3 is 14.4 Å². The Morgan fingerprint density at radius 3 is 2.39 bits per heavy atom. The van der Waals surface area contributed by atoms with E-state index < -0.39 is 0 Å². The van der Waals surface area contributed by atoms with Crippen LogP contribution in [0.5, 0.6) is 0 Å². The van der Waals surface area contributed by atoms with Crippen LogP contribution in [0.15, 0.2) is 48.5 Å². The van der Waals surface area contributed by atoms with Crippen molar-refractivity contribution in [3.8, 4) is 22.8 Å². The van der Waals surface area contributed by atoms with Crippen molar-refractivity contribution in [2.75, 3.05) is 44.3 Å². The Kier molecular flexibility index (Phi) is 6.44. The summed E-state index contributed by atoms with van der Waals surface area (Å²) >= 11 is 0. The second-order valence-corrected chi connectivity index (χ2v) is 9.18. The average molecular weight is 448 g/mol. The van der Waals surface area contributed by atoms with Crippen LogP contribution in [-0.4, -0.2) is 71.3 Å². The highest BCUT2D eigenvalue weighted by Gasteiger charge is 2.22. The number of hydrogen-bond acceptors (Lipinski definition) is 6. The van der Waals surface area contributed by atoms with Gasteiger partial charge in [-0.2, -0.15) is 5.10 Å². The zero-order chi connectivity index (χ0) is 22.8. The van der Waals surface area contributed by atoms with E-state index in [1.807, 2.05) is 11.7 Å². The van der Waals surface area contributed by atoms with Crippen molar-refractivity contribution < 1.29 is 9.47 Å². The number of ether oxygens (including phenoxy) is 2. The van der Waals surface area contributed by atoms with Gasteiger partial charge in [0, 0.05) is 56.6 Å². The first kappa shape index (κ1) is 22.1. The lowest BCUT2D eigenvalue weighted by Crippen LogP contribution is -2.45. The maximum absolute atomic E-state index is 5.87. The van der Waals surface area contributed by atoms with Crippen LogP contribution in [0.1, 0.15) is 19.4 Å². The largest absolute Gasteiger partial charge is 0.379 e. The number of hydrogen-bond donors (Lipinski definition) is 0. The fraction of sp³-hybridized carbons (Fsp3) is 0.462. The zero-order valence-corrected chi connectivity index (χ0v) is 19.8. The van der Waals surface area contributed by atoms with Crippen LogP contribution in [-0.2, 0) is 23.1 Å². The highest BCUT2D eigenvalue weighted by atomic mass is 16.5. The molecule has 3 aromatic rings. The van der Waals surface area contributed by atoms with Crippen molar-refractivity contribution in [1.29, 1.82) is 0 Å². The zero-order valence-electron chi connectivity index (χ0n) is 19.8. The van der Waals surface area contributed by atoms with Crippen molar-refractivity contribution in [1.82, 2.24) is 19.7 Å². The predicted octanol–water partition coefficient (Wildman–Crippen LogP) is 3.59. The molecule has 0 radical (unpaired) electrons. The molecule has 0 aliphatic carbocycles. The summed E-state index contributed by atoms with van der Waals surface area (Å²) in [6.45, 7) is 10.6. The normalized spacial score (nSPS) is 22.0. The molecule has 0 amide bonds. The number of rotatable bonds is 5. The molecule has 0 N–H and O–H groups in total. The Hall–Kier alpha value is -2.74. The fourth-order valence-electron chi connectivity index (χ4n) is 4.79. The first-order valence-corrected chi connectivity index (χ1v) is 11.9. The molecule has 2 saturated heterocycles. The van der Waals surface area contributed by atoms with E-state index in [0.717, 1.165) is 68.7 Å². The third kappa shape index (κ3) is 5.11. The monoisotopic (exact) mass is 447 g/mol. The van der Waals surface area contributed by atoms with Gasteiger partial charge in [0.05, 0.1) is 25.4 Å². The van der Waals surface area contributed by atoms with Gasteiger partial charge in [-0.1, -0.05) is 18.2 Å². The Labute approximate surface area is 195 Å². The van der Waals surface area contributed by atoms with Gasteiger partial charge in [0.2, 0.25) is 0 Å². The molecule has 7 heteroatoms. The van der Waals surface area contributed by atoms with Gasteiger partial charge in [0.25, 0.3) is 0 Å². The summed E-state index contributed by atoms with van der Waals surface area (Å²) in [6.07, 6.45) is 0.488. The molecule has 2 aliphatic rings. The first-order chi connectivity index (χ1) is 16.0. The third-order valence-electron chi connectivity index (χ3n) is 6.37. The van der Waals surface area contributed by atoms with E-state index in [-0.39, 0.29) is 12.2 Å². The van der Waals surface area contributed by atoms with E-state index in [9.17, 15) is 0 Å². The van der Waals surface area contributed by atoms with Crippen molar-refractivity contribution >= 4 is 5.69 Å². The van der Waals surface area contributed by atoms with Crippen molar-refractivity contribution in [2.24, 2.45) is 7.05 Å². The maximum Gasteiger partial charge on any atom is 0.181 e. The minimum Gasteiger partial charge on any atom is -0.379 e. The van der Waals surface area contributed by atoms with Gasteiger partial charge in [0.15, 0.2) is 11.6 Å². The molecular weight excluding hydrogens is 414 g/mol. The summed E-state index contributed by atoms with van der Waals surface area (Å²) in [5.74, 6) is 1.63. The standard InChI is InChI=1S/C26H33N5O2/c1-19-16-31(17-20(2)33-19)24-9-7-22(8-10-24)26-27-25(28-29(26)3)23-6-4-5-21(15-23)18-30-11-13-32-14-12-30/h4-10,15,19-20H,11-14,16-18H2,1-3H3. The molecule has 1 aromatic heterocycles. The molecule has 2 aliphatic heterocycles. The molecule has 2 aromatic carbocycles. The Balaban J connectivity index is 1.33. The number of aryl methyl sites for hydroxylation is 1. The Morgan fingerprint density at radius 2 is 1.67 bits per heavy atom. The van der Waals surface area contributed by atoms with Crippen LogP contribution >= 0.6 is 0 Å². The number of nitrogens with zero attached hydrogens (tertiary/aromatic N) is 5. The molecule has 0 bridgehead atoms. The summed E-state index contributed by atoms with van der Waals surface area (Å²) in [4.78, 5) is 9.71. The van der Waals surface area contributed by atoms with Crippen LogP contribution in [0.25, 0.3) is 22.8 Å². The maximum atomic E-state index is 5.87. The van der Waals surface area contributed by atoms with Crippen LogP contribution in [0.3, 0.4) is 0 Å². The molecule has 7 nitrogen and oxygen atoms in total. The van der Waals surface area contributed by atoms with Gasteiger partial charge in [0.1, 0.15) is 0 Å². The van der Waals surface area contributed by atoms with Crippen molar-refractivity contribution in [2.45, 2.75) is 32.6 Å². The molecule has 2 fully saturated rings. The molecule has 33 heavy (non-hydrogen) atoms. The average Bonchev–Trinajstić information content (AvgIpc) is 3.21. The molecule has 174 valence electrons. The van der Waals surface area contributed by atoms with Crippen LogP contribution in [0.2, 0.25) is 0 Å². The van der Waals surface area contributed by atoms with E-state index >= 15 is 0 Å². The summed E-state index contributed by atoms with van der Waals surface area (Å²) in [5.41, 5.74) is 4.62. The molecule has 3 heterocycles. The summed E-state index contributed by atoms with van der Waals surface area (Å²) in [5, 5.41) is 4.72. The van der Waals surface area contributed by atoms with Crippen molar-refractivity contribution in [3.63, 3.8) is 0 Å². The van der Waals surface area contributed by atoms with Crippen LogP contribution in [0.4, 0.5) is 5.69 Å². The van der Waals surface area contributed by atoms with E-state index in [1.54, 1.807) is 0 Å². The SMILES string of the molecule is CC1CN(c2ccc(-c3nc(-c4cccc(CN5CCOCC5)c4)nn3C)cc2)CC(C)O1.